The van der Waals surface area contributed by atoms with Gasteiger partial charge in [0.1, 0.15) is 18.5 Å². The summed E-state index contributed by atoms with van der Waals surface area (Å²) in [7, 11) is 1.56. The Morgan fingerprint density at radius 1 is 1.29 bits per heavy atom. The number of fused-ring (bicyclic) bond motifs is 1. The molecule has 0 N–H and O–H groups in total. The van der Waals surface area contributed by atoms with Crippen LogP contribution in [0, 0.1) is 11.8 Å². The minimum atomic E-state index is 0.0807. The molecule has 0 unspecified atom stereocenters. The number of hydrogen-bond acceptors (Lipinski definition) is 3. The van der Waals surface area contributed by atoms with E-state index in [-0.39, 0.29) is 18.6 Å². The molecule has 2 aliphatic rings. The first kappa shape index (κ1) is 14.7. The molecule has 5 heteroatoms. The Bertz CT molecular complexity index is 505. The van der Waals surface area contributed by atoms with Crippen molar-refractivity contribution < 1.29 is 14.3 Å². The van der Waals surface area contributed by atoms with Gasteiger partial charge in [-0.3, -0.25) is 4.79 Å². The molecule has 1 aromatic rings. The fraction of sp³-hybridized carbons (Fsp3) is 0.562. The number of ether oxygens (including phenoxy) is 2. The second-order valence-corrected chi connectivity index (χ2v) is 6.28. The first-order valence-electron chi connectivity index (χ1n) is 7.36. The van der Waals surface area contributed by atoms with Crippen molar-refractivity contribution in [1.82, 2.24) is 4.90 Å². The van der Waals surface area contributed by atoms with E-state index in [4.69, 9.17) is 21.1 Å². The highest BCUT2D eigenvalue weighted by Crippen LogP contribution is 2.40. The SMILES string of the molecule is COCC(=O)N1C[C@@H]2CC[C@H](Oc3ccc(Cl)cc3)[C@@H]2C1. The molecule has 0 aromatic heterocycles. The topological polar surface area (TPSA) is 38.8 Å². The molecule has 1 aliphatic carbocycles. The molecule has 1 aromatic carbocycles. The van der Waals surface area contributed by atoms with E-state index >= 15 is 0 Å². The van der Waals surface area contributed by atoms with Crippen LogP contribution in [0.25, 0.3) is 0 Å². The largest absolute Gasteiger partial charge is 0.490 e. The molecule has 1 saturated carbocycles. The molecule has 1 amide bonds. The number of carbonyl (C=O) groups is 1. The van der Waals surface area contributed by atoms with E-state index in [9.17, 15) is 4.79 Å². The van der Waals surface area contributed by atoms with Crippen LogP contribution in [0.2, 0.25) is 5.02 Å². The minimum absolute atomic E-state index is 0.0807. The van der Waals surface area contributed by atoms with Gasteiger partial charge < -0.3 is 14.4 Å². The lowest BCUT2D eigenvalue weighted by Gasteiger charge is -2.22. The molecular weight excluding hydrogens is 290 g/mol. The molecule has 0 radical (unpaired) electrons. The maximum Gasteiger partial charge on any atom is 0.248 e. The third-order valence-corrected chi connectivity index (χ3v) is 4.76. The van der Waals surface area contributed by atoms with Crippen LogP contribution in [0.3, 0.4) is 0 Å². The number of hydrogen-bond donors (Lipinski definition) is 0. The van der Waals surface area contributed by atoms with Gasteiger partial charge in [-0.25, -0.2) is 0 Å². The highest BCUT2D eigenvalue weighted by Gasteiger charge is 2.45. The quantitative estimate of drug-likeness (QED) is 0.858. The summed E-state index contributed by atoms with van der Waals surface area (Å²) in [6, 6.07) is 7.48. The van der Waals surface area contributed by atoms with Crippen molar-refractivity contribution in [2.45, 2.75) is 18.9 Å². The van der Waals surface area contributed by atoms with Gasteiger partial charge in [-0.05, 0) is 43.0 Å². The standard InChI is InChI=1S/C16H20ClNO3/c1-20-10-16(19)18-8-11-2-7-15(14(11)9-18)21-13-5-3-12(17)4-6-13/h3-6,11,14-15H,2,7-10H2,1H3/t11-,14+,15-/m0/s1. The number of rotatable bonds is 4. The second kappa shape index (κ2) is 6.24. The van der Waals surface area contributed by atoms with Crippen molar-refractivity contribution >= 4 is 17.5 Å². The van der Waals surface area contributed by atoms with Crippen molar-refractivity contribution in [1.29, 1.82) is 0 Å². The fourth-order valence-corrected chi connectivity index (χ4v) is 3.59. The average molecular weight is 310 g/mol. The molecule has 114 valence electrons. The number of methoxy groups -OCH3 is 1. The van der Waals surface area contributed by atoms with Crippen LogP contribution in [0.4, 0.5) is 0 Å². The summed E-state index contributed by atoms with van der Waals surface area (Å²) in [4.78, 5) is 13.8. The average Bonchev–Trinajstić information content (AvgIpc) is 3.03. The third kappa shape index (κ3) is 3.16. The fourth-order valence-electron chi connectivity index (χ4n) is 3.47. The molecule has 0 spiro atoms. The molecular formula is C16H20ClNO3. The number of amides is 1. The number of carbonyl (C=O) groups excluding carboxylic acids is 1. The summed E-state index contributed by atoms with van der Waals surface area (Å²) in [5, 5.41) is 0.712. The summed E-state index contributed by atoms with van der Waals surface area (Å²) in [5.41, 5.74) is 0. The Morgan fingerprint density at radius 3 is 2.76 bits per heavy atom. The van der Waals surface area contributed by atoms with Crippen LogP contribution in [0.15, 0.2) is 24.3 Å². The maximum absolute atomic E-state index is 11.9. The van der Waals surface area contributed by atoms with Gasteiger partial charge in [-0.15, -0.1) is 0 Å². The predicted octanol–water partition coefficient (Wildman–Crippen LogP) is 2.60. The molecule has 3 rings (SSSR count). The lowest BCUT2D eigenvalue weighted by atomic mass is 9.99. The van der Waals surface area contributed by atoms with Gasteiger partial charge in [0, 0.05) is 31.1 Å². The minimum Gasteiger partial charge on any atom is -0.490 e. The van der Waals surface area contributed by atoms with Gasteiger partial charge in [-0.1, -0.05) is 11.6 Å². The van der Waals surface area contributed by atoms with E-state index in [1.165, 1.54) is 0 Å². The van der Waals surface area contributed by atoms with Crippen LogP contribution in [0.5, 0.6) is 5.75 Å². The van der Waals surface area contributed by atoms with E-state index in [2.05, 4.69) is 0 Å². The summed E-state index contributed by atoms with van der Waals surface area (Å²) in [5.74, 6) is 1.92. The summed E-state index contributed by atoms with van der Waals surface area (Å²) >= 11 is 5.89. The monoisotopic (exact) mass is 309 g/mol. The van der Waals surface area contributed by atoms with E-state index in [0.29, 0.717) is 16.9 Å². The Morgan fingerprint density at radius 2 is 2.05 bits per heavy atom. The van der Waals surface area contributed by atoms with E-state index in [0.717, 1.165) is 31.7 Å². The smallest absolute Gasteiger partial charge is 0.248 e. The van der Waals surface area contributed by atoms with Crippen molar-refractivity contribution in [3.63, 3.8) is 0 Å². The van der Waals surface area contributed by atoms with Gasteiger partial charge in [-0.2, -0.15) is 0 Å². The lowest BCUT2D eigenvalue weighted by molar-refractivity contribution is -0.134. The van der Waals surface area contributed by atoms with Crippen molar-refractivity contribution in [3.8, 4) is 5.75 Å². The summed E-state index contributed by atoms with van der Waals surface area (Å²) in [6.45, 7) is 1.79. The Hall–Kier alpha value is -1.26. The highest BCUT2D eigenvalue weighted by atomic mass is 35.5. The Labute approximate surface area is 130 Å². The first-order chi connectivity index (χ1) is 10.2. The maximum atomic E-state index is 11.9. The molecule has 0 bridgehead atoms. The molecule has 1 saturated heterocycles. The normalized spacial score (nSPS) is 27.7. The predicted molar refractivity (Wildman–Crippen MR) is 80.5 cm³/mol. The Balaban J connectivity index is 1.61. The third-order valence-electron chi connectivity index (χ3n) is 4.51. The van der Waals surface area contributed by atoms with Gasteiger partial charge in [0.15, 0.2) is 0 Å². The zero-order valence-electron chi connectivity index (χ0n) is 12.1. The molecule has 1 heterocycles. The lowest BCUT2D eigenvalue weighted by Crippen LogP contribution is -2.34. The zero-order valence-corrected chi connectivity index (χ0v) is 12.9. The van der Waals surface area contributed by atoms with Crippen molar-refractivity contribution in [3.05, 3.63) is 29.3 Å². The van der Waals surface area contributed by atoms with Gasteiger partial charge in [0.25, 0.3) is 0 Å². The Kier molecular flexibility index (Phi) is 4.36. The van der Waals surface area contributed by atoms with Crippen molar-refractivity contribution in [2.75, 3.05) is 26.8 Å². The molecule has 2 fully saturated rings. The van der Waals surface area contributed by atoms with E-state index in [1.807, 2.05) is 29.2 Å². The van der Waals surface area contributed by atoms with Crippen molar-refractivity contribution in [2.24, 2.45) is 11.8 Å². The van der Waals surface area contributed by atoms with E-state index in [1.54, 1.807) is 7.11 Å². The van der Waals surface area contributed by atoms with Crippen LogP contribution < -0.4 is 4.74 Å². The molecule has 4 nitrogen and oxygen atoms in total. The van der Waals surface area contributed by atoms with Crippen LogP contribution in [-0.4, -0.2) is 43.7 Å². The van der Waals surface area contributed by atoms with Crippen LogP contribution >= 0.6 is 11.6 Å². The molecule has 3 atom stereocenters. The first-order valence-corrected chi connectivity index (χ1v) is 7.74. The molecule has 21 heavy (non-hydrogen) atoms. The zero-order chi connectivity index (χ0) is 14.8. The van der Waals surface area contributed by atoms with E-state index < -0.39 is 0 Å². The van der Waals surface area contributed by atoms with Gasteiger partial charge in [0.2, 0.25) is 5.91 Å². The second-order valence-electron chi connectivity index (χ2n) is 5.84. The summed E-state index contributed by atoms with van der Waals surface area (Å²) < 4.78 is 11.0. The number of likely N-dealkylation sites (tertiary alicyclic amines) is 1. The number of benzene rings is 1. The van der Waals surface area contributed by atoms with Crippen LogP contribution in [-0.2, 0) is 9.53 Å². The van der Waals surface area contributed by atoms with Gasteiger partial charge in [0.05, 0.1) is 0 Å². The highest BCUT2D eigenvalue weighted by molar-refractivity contribution is 6.30. The van der Waals surface area contributed by atoms with Gasteiger partial charge >= 0.3 is 0 Å². The van der Waals surface area contributed by atoms with Crippen LogP contribution in [0.1, 0.15) is 12.8 Å². The molecule has 1 aliphatic heterocycles. The summed E-state index contributed by atoms with van der Waals surface area (Å²) in [6.07, 6.45) is 2.38. The number of nitrogens with zero attached hydrogens (tertiary/aromatic N) is 1. The number of halogens is 1.